The van der Waals surface area contributed by atoms with Gasteiger partial charge in [0.05, 0.1) is 5.56 Å². The second kappa shape index (κ2) is 6.49. The van der Waals surface area contributed by atoms with Crippen LogP contribution in [-0.4, -0.2) is 18.5 Å². The van der Waals surface area contributed by atoms with E-state index in [1.807, 2.05) is 6.92 Å². The third-order valence-electron chi connectivity index (χ3n) is 2.68. The fourth-order valence-corrected chi connectivity index (χ4v) is 1.61. The van der Waals surface area contributed by atoms with Crippen LogP contribution < -0.4 is 16.4 Å². The Bertz CT molecular complexity index is 474. The van der Waals surface area contributed by atoms with Gasteiger partial charge in [0.25, 0.3) is 0 Å². The predicted molar refractivity (Wildman–Crippen MR) is 72.2 cm³/mol. The molecule has 0 aliphatic carbocycles. The van der Waals surface area contributed by atoms with Gasteiger partial charge in [0, 0.05) is 17.9 Å². The molecule has 4 N–H and O–H groups in total. The van der Waals surface area contributed by atoms with Crippen molar-refractivity contribution < 1.29 is 18.0 Å². The highest BCUT2D eigenvalue weighted by molar-refractivity contribution is 5.84. The minimum atomic E-state index is -4.52. The lowest BCUT2D eigenvalue weighted by atomic mass is 10.1. The van der Waals surface area contributed by atoms with Crippen molar-refractivity contribution in [2.75, 3.05) is 17.6 Å². The van der Waals surface area contributed by atoms with E-state index in [-0.39, 0.29) is 17.3 Å². The van der Waals surface area contributed by atoms with Crippen molar-refractivity contribution in [1.82, 2.24) is 5.32 Å². The Balaban J connectivity index is 2.81. The van der Waals surface area contributed by atoms with Crippen LogP contribution in [0.5, 0.6) is 0 Å². The van der Waals surface area contributed by atoms with E-state index < -0.39 is 17.8 Å². The average molecular weight is 289 g/mol. The lowest BCUT2D eigenvalue weighted by molar-refractivity contribution is -0.136. The molecule has 0 radical (unpaired) electrons. The van der Waals surface area contributed by atoms with E-state index in [0.717, 1.165) is 12.5 Å². The van der Waals surface area contributed by atoms with E-state index in [2.05, 4.69) is 10.6 Å². The van der Waals surface area contributed by atoms with Crippen molar-refractivity contribution in [3.63, 3.8) is 0 Å². The van der Waals surface area contributed by atoms with Crippen LogP contribution in [0.4, 0.5) is 24.5 Å². The Morgan fingerprint density at radius 3 is 2.60 bits per heavy atom. The van der Waals surface area contributed by atoms with E-state index in [1.54, 1.807) is 6.92 Å². The summed E-state index contributed by atoms with van der Waals surface area (Å²) >= 11 is 0. The molecule has 1 unspecified atom stereocenters. The third-order valence-corrected chi connectivity index (χ3v) is 2.68. The number of hydrogen-bond donors (Lipinski definition) is 3. The van der Waals surface area contributed by atoms with Crippen LogP contribution in [-0.2, 0) is 11.0 Å². The van der Waals surface area contributed by atoms with Crippen molar-refractivity contribution in [3.8, 4) is 0 Å². The maximum atomic E-state index is 12.7. The molecule has 20 heavy (non-hydrogen) atoms. The Morgan fingerprint density at radius 2 is 2.05 bits per heavy atom. The molecule has 0 aliphatic heterocycles. The molecule has 0 spiro atoms. The standard InChI is InChI=1S/C13H18F3N3O/c1-3-6-18-12(20)8(2)19-9-4-5-11(17)10(7-9)13(14,15)16/h4-5,7-8,19H,3,6,17H2,1-2H3,(H,18,20). The molecule has 0 bridgehead atoms. The molecule has 0 fully saturated rings. The number of nitrogen functional groups attached to an aromatic ring is 1. The highest BCUT2D eigenvalue weighted by atomic mass is 19.4. The molecule has 4 nitrogen and oxygen atoms in total. The lowest BCUT2D eigenvalue weighted by Gasteiger charge is -2.17. The summed E-state index contributed by atoms with van der Waals surface area (Å²) in [5.41, 5.74) is 4.25. The molecule has 1 rings (SSSR count). The molecule has 0 aliphatic rings. The van der Waals surface area contributed by atoms with Crippen LogP contribution in [0.25, 0.3) is 0 Å². The molecular weight excluding hydrogens is 271 g/mol. The van der Waals surface area contributed by atoms with Gasteiger partial charge >= 0.3 is 6.18 Å². The summed E-state index contributed by atoms with van der Waals surface area (Å²) in [5, 5.41) is 5.38. The summed E-state index contributed by atoms with van der Waals surface area (Å²) < 4.78 is 38.1. The molecule has 1 atom stereocenters. The van der Waals surface area contributed by atoms with E-state index in [4.69, 9.17) is 5.73 Å². The van der Waals surface area contributed by atoms with E-state index >= 15 is 0 Å². The van der Waals surface area contributed by atoms with E-state index in [1.165, 1.54) is 12.1 Å². The van der Waals surface area contributed by atoms with Gasteiger partial charge in [-0.2, -0.15) is 13.2 Å². The highest BCUT2D eigenvalue weighted by Gasteiger charge is 2.33. The molecule has 0 saturated carbocycles. The number of hydrogen-bond acceptors (Lipinski definition) is 3. The number of carbonyl (C=O) groups is 1. The first-order chi connectivity index (χ1) is 9.25. The summed E-state index contributed by atoms with van der Waals surface area (Å²) in [6, 6.07) is 2.85. The highest BCUT2D eigenvalue weighted by Crippen LogP contribution is 2.35. The SMILES string of the molecule is CCCNC(=O)C(C)Nc1ccc(N)c(C(F)(F)F)c1. The van der Waals surface area contributed by atoms with Gasteiger partial charge in [0.2, 0.25) is 5.91 Å². The number of benzene rings is 1. The molecule has 7 heteroatoms. The van der Waals surface area contributed by atoms with Crippen LogP contribution in [0.2, 0.25) is 0 Å². The van der Waals surface area contributed by atoms with E-state index in [0.29, 0.717) is 6.54 Å². The molecule has 112 valence electrons. The maximum Gasteiger partial charge on any atom is 0.418 e. The Kier molecular flexibility index (Phi) is 5.24. The van der Waals surface area contributed by atoms with Crippen molar-refractivity contribution in [2.45, 2.75) is 32.5 Å². The molecule has 0 heterocycles. The van der Waals surface area contributed by atoms with Crippen LogP contribution in [0.3, 0.4) is 0 Å². The van der Waals surface area contributed by atoms with Gasteiger partial charge in [-0.05, 0) is 31.5 Å². The van der Waals surface area contributed by atoms with Gasteiger partial charge < -0.3 is 16.4 Å². The smallest absolute Gasteiger partial charge is 0.398 e. The first kappa shape index (κ1) is 16.1. The number of nitrogens with two attached hydrogens (primary N) is 1. The maximum absolute atomic E-state index is 12.7. The Hall–Kier alpha value is -1.92. The van der Waals surface area contributed by atoms with Gasteiger partial charge in [-0.3, -0.25) is 4.79 Å². The number of amides is 1. The van der Waals surface area contributed by atoms with Crippen LogP contribution >= 0.6 is 0 Å². The van der Waals surface area contributed by atoms with Crippen molar-refractivity contribution in [1.29, 1.82) is 0 Å². The van der Waals surface area contributed by atoms with Crippen molar-refractivity contribution in [3.05, 3.63) is 23.8 Å². The minimum absolute atomic E-state index is 0.200. The first-order valence-corrected chi connectivity index (χ1v) is 6.26. The van der Waals surface area contributed by atoms with Gasteiger partial charge in [0.1, 0.15) is 6.04 Å². The molecule has 1 aromatic rings. The van der Waals surface area contributed by atoms with Gasteiger partial charge in [-0.1, -0.05) is 6.92 Å². The summed E-state index contributed by atoms with van der Waals surface area (Å²) in [5.74, 6) is -0.266. The zero-order chi connectivity index (χ0) is 15.3. The number of carbonyl (C=O) groups excluding carboxylic acids is 1. The topological polar surface area (TPSA) is 67.2 Å². The zero-order valence-corrected chi connectivity index (χ0v) is 11.3. The van der Waals surface area contributed by atoms with Crippen LogP contribution in [0.15, 0.2) is 18.2 Å². The Morgan fingerprint density at radius 1 is 1.40 bits per heavy atom. The fraction of sp³-hybridized carbons (Fsp3) is 0.462. The summed E-state index contributed by atoms with van der Waals surface area (Å²) in [4.78, 5) is 11.6. The van der Waals surface area contributed by atoms with Gasteiger partial charge in [-0.15, -0.1) is 0 Å². The van der Waals surface area contributed by atoms with E-state index in [9.17, 15) is 18.0 Å². The molecule has 0 saturated heterocycles. The molecule has 0 aromatic heterocycles. The zero-order valence-electron chi connectivity index (χ0n) is 11.3. The number of anilines is 2. The third kappa shape index (κ3) is 4.32. The second-order valence-electron chi connectivity index (χ2n) is 4.46. The van der Waals surface area contributed by atoms with Crippen molar-refractivity contribution in [2.24, 2.45) is 0 Å². The molecular formula is C13H18F3N3O. The summed E-state index contributed by atoms with van der Waals surface area (Å²) in [6.45, 7) is 4.02. The van der Waals surface area contributed by atoms with Crippen LogP contribution in [0.1, 0.15) is 25.8 Å². The monoisotopic (exact) mass is 289 g/mol. The van der Waals surface area contributed by atoms with Crippen LogP contribution in [0, 0.1) is 0 Å². The van der Waals surface area contributed by atoms with Gasteiger partial charge in [0.15, 0.2) is 0 Å². The van der Waals surface area contributed by atoms with Crippen molar-refractivity contribution >= 4 is 17.3 Å². The lowest BCUT2D eigenvalue weighted by Crippen LogP contribution is -2.37. The fourth-order valence-electron chi connectivity index (χ4n) is 1.61. The molecule has 1 amide bonds. The average Bonchev–Trinajstić information content (AvgIpc) is 2.36. The Labute approximate surface area is 115 Å². The summed E-state index contributed by atoms with van der Waals surface area (Å²) in [7, 11) is 0. The quantitative estimate of drug-likeness (QED) is 0.730. The number of halogens is 3. The summed E-state index contributed by atoms with van der Waals surface area (Å²) in [6.07, 6.45) is -3.73. The number of rotatable bonds is 5. The predicted octanol–water partition coefficient (Wildman–Crippen LogP) is 2.61. The number of nitrogens with one attached hydrogen (secondary N) is 2. The minimum Gasteiger partial charge on any atom is -0.398 e. The second-order valence-corrected chi connectivity index (χ2v) is 4.46. The molecule has 1 aromatic carbocycles. The first-order valence-electron chi connectivity index (χ1n) is 6.26. The van der Waals surface area contributed by atoms with Gasteiger partial charge in [-0.25, -0.2) is 0 Å². The largest absolute Gasteiger partial charge is 0.418 e. The normalized spacial score (nSPS) is 12.8. The number of alkyl halides is 3.